The number of carbonyl (C=O) groups is 1. The van der Waals surface area contributed by atoms with Gasteiger partial charge in [-0.1, -0.05) is 24.3 Å². The van der Waals surface area contributed by atoms with Crippen LogP contribution in [0.5, 0.6) is 5.75 Å². The number of methoxy groups -OCH3 is 1. The molecule has 32 heavy (non-hydrogen) atoms. The van der Waals surface area contributed by atoms with Crippen molar-refractivity contribution in [2.75, 3.05) is 33.4 Å². The molecule has 1 aromatic heterocycles. The zero-order chi connectivity index (χ0) is 22.2. The average Bonchev–Trinajstić information content (AvgIpc) is 3.32. The second-order valence-corrected chi connectivity index (χ2v) is 7.93. The molecule has 1 fully saturated rings. The number of ether oxygens (including phenoxy) is 2. The number of aryl methyl sites for hydroxylation is 1. The van der Waals surface area contributed by atoms with E-state index in [1.54, 1.807) is 7.11 Å². The van der Waals surface area contributed by atoms with Gasteiger partial charge in [0.05, 0.1) is 20.3 Å². The molecule has 0 spiro atoms. The Hall–Kier alpha value is -3.09. The van der Waals surface area contributed by atoms with Crippen molar-refractivity contribution in [1.29, 1.82) is 0 Å². The molecule has 2 heterocycles. The number of hydrogen-bond acceptors (Lipinski definition) is 5. The van der Waals surface area contributed by atoms with Crippen LogP contribution in [0.15, 0.2) is 65.1 Å². The van der Waals surface area contributed by atoms with Gasteiger partial charge in [-0.15, -0.1) is 0 Å². The quantitative estimate of drug-likeness (QED) is 0.551. The summed E-state index contributed by atoms with van der Waals surface area (Å²) in [5.41, 5.74) is 3.40. The minimum atomic E-state index is 0.0218. The van der Waals surface area contributed by atoms with E-state index in [1.165, 1.54) is 5.56 Å². The first-order chi connectivity index (χ1) is 15.7. The molecule has 0 aliphatic carbocycles. The van der Waals surface area contributed by atoms with Crippen LogP contribution in [-0.2, 0) is 29.0 Å². The number of rotatable bonds is 9. The molecule has 2 aromatic carbocycles. The molecule has 1 amide bonds. The van der Waals surface area contributed by atoms with Crippen molar-refractivity contribution in [2.24, 2.45) is 0 Å². The Labute approximate surface area is 189 Å². The van der Waals surface area contributed by atoms with Gasteiger partial charge < -0.3 is 19.2 Å². The highest BCUT2D eigenvalue weighted by molar-refractivity contribution is 5.76. The van der Waals surface area contributed by atoms with Crippen LogP contribution >= 0.6 is 0 Å². The number of nitrogens with zero attached hydrogens (tertiary/aromatic N) is 1. The number of furan rings is 1. The largest absolute Gasteiger partial charge is 0.497 e. The zero-order valence-corrected chi connectivity index (χ0v) is 18.5. The fourth-order valence-electron chi connectivity index (χ4n) is 3.83. The molecule has 0 saturated carbocycles. The Kier molecular flexibility index (Phi) is 7.59. The molecular weight excluding hydrogens is 404 g/mol. The lowest BCUT2D eigenvalue weighted by Gasteiger charge is -2.27. The molecule has 0 unspecified atom stereocenters. The fraction of sp³-hybridized carbons (Fsp3) is 0.346. The van der Waals surface area contributed by atoms with Gasteiger partial charge in [-0.05, 0) is 47.5 Å². The summed E-state index contributed by atoms with van der Waals surface area (Å²) in [6.07, 6.45) is 0.957. The molecule has 0 bridgehead atoms. The van der Waals surface area contributed by atoms with E-state index in [-0.39, 0.29) is 5.91 Å². The molecular formula is C26H30N2O4. The molecule has 1 aliphatic heterocycles. The smallest absolute Gasteiger partial charge is 0.220 e. The van der Waals surface area contributed by atoms with Crippen LogP contribution in [0.2, 0.25) is 0 Å². The standard InChI is InChI=1S/C26H30N2O4/c1-30-23-8-6-20(7-9-23)25-12-10-24(32-25)11-13-26(29)27-18-21-4-2-3-5-22(21)19-28-14-16-31-17-15-28/h2-10,12H,11,13-19H2,1H3,(H,27,29). The SMILES string of the molecule is COc1ccc(-c2ccc(CCC(=O)NCc3ccccc3CN3CCOCC3)o2)cc1. The average molecular weight is 435 g/mol. The molecule has 6 nitrogen and oxygen atoms in total. The minimum absolute atomic E-state index is 0.0218. The van der Waals surface area contributed by atoms with Crippen molar-refractivity contribution >= 4 is 5.91 Å². The van der Waals surface area contributed by atoms with Crippen LogP contribution in [0.1, 0.15) is 23.3 Å². The summed E-state index contributed by atoms with van der Waals surface area (Å²) >= 11 is 0. The van der Waals surface area contributed by atoms with Crippen LogP contribution in [0, 0.1) is 0 Å². The monoisotopic (exact) mass is 434 g/mol. The molecule has 6 heteroatoms. The van der Waals surface area contributed by atoms with Crippen molar-refractivity contribution in [3.63, 3.8) is 0 Å². The van der Waals surface area contributed by atoms with Gasteiger partial charge in [0, 0.05) is 44.6 Å². The summed E-state index contributed by atoms with van der Waals surface area (Å²) in [6, 6.07) is 19.9. The van der Waals surface area contributed by atoms with Crippen LogP contribution in [0.25, 0.3) is 11.3 Å². The van der Waals surface area contributed by atoms with Crippen LogP contribution in [0.3, 0.4) is 0 Å². The third-order valence-corrected chi connectivity index (χ3v) is 5.73. The third kappa shape index (κ3) is 5.99. The van der Waals surface area contributed by atoms with Gasteiger partial charge in [0.2, 0.25) is 5.91 Å². The van der Waals surface area contributed by atoms with Gasteiger partial charge in [0.25, 0.3) is 0 Å². The third-order valence-electron chi connectivity index (χ3n) is 5.73. The Morgan fingerprint density at radius 2 is 1.75 bits per heavy atom. The maximum atomic E-state index is 12.4. The topological polar surface area (TPSA) is 63.9 Å². The fourth-order valence-corrected chi connectivity index (χ4v) is 3.83. The van der Waals surface area contributed by atoms with E-state index in [9.17, 15) is 4.79 Å². The van der Waals surface area contributed by atoms with Gasteiger partial charge >= 0.3 is 0 Å². The summed E-state index contributed by atoms with van der Waals surface area (Å²) in [5, 5.41) is 3.06. The summed E-state index contributed by atoms with van der Waals surface area (Å²) in [5.74, 6) is 2.43. The van der Waals surface area contributed by atoms with Crippen LogP contribution in [-0.4, -0.2) is 44.2 Å². The van der Waals surface area contributed by atoms with E-state index in [2.05, 4.69) is 28.4 Å². The molecule has 1 saturated heterocycles. The molecule has 0 radical (unpaired) electrons. The predicted molar refractivity (Wildman–Crippen MR) is 123 cm³/mol. The van der Waals surface area contributed by atoms with E-state index >= 15 is 0 Å². The number of amides is 1. The maximum Gasteiger partial charge on any atom is 0.220 e. The van der Waals surface area contributed by atoms with E-state index in [0.29, 0.717) is 19.4 Å². The molecule has 168 valence electrons. The second kappa shape index (κ2) is 11.0. The normalized spacial score (nSPS) is 14.3. The summed E-state index contributed by atoms with van der Waals surface area (Å²) in [4.78, 5) is 14.8. The Balaban J connectivity index is 1.26. The summed E-state index contributed by atoms with van der Waals surface area (Å²) in [7, 11) is 1.65. The van der Waals surface area contributed by atoms with Crippen molar-refractivity contribution in [2.45, 2.75) is 25.9 Å². The molecule has 3 aromatic rings. The lowest BCUT2D eigenvalue weighted by molar-refractivity contribution is -0.121. The first kappa shape index (κ1) is 22.1. The number of morpholine rings is 1. The Bertz CT molecular complexity index is 1010. The summed E-state index contributed by atoms with van der Waals surface area (Å²) in [6.45, 7) is 4.88. The minimum Gasteiger partial charge on any atom is -0.497 e. The highest BCUT2D eigenvalue weighted by Gasteiger charge is 2.13. The molecule has 1 N–H and O–H groups in total. The highest BCUT2D eigenvalue weighted by Crippen LogP contribution is 2.25. The van der Waals surface area contributed by atoms with E-state index in [4.69, 9.17) is 13.9 Å². The molecule has 4 rings (SSSR count). The lowest BCUT2D eigenvalue weighted by atomic mass is 10.1. The maximum absolute atomic E-state index is 12.4. The van der Waals surface area contributed by atoms with E-state index in [1.807, 2.05) is 42.5 Å². The van der Waals surface area contributed by atoms with E-state index < -0.39 is 0 Å². The lowest BCUT2D eigenvalue weighted by Crippen LogP contribution is -2.36. The second-order valence-electron chi connectivity index (χ2n) is 7.93. The number of carbonyl (C=O) groups excluding carboxylic acids is 1. The predicted octanol–water partition coefficient (Wildman–Crippen LogP) is 4.04. The number of benzene rings is 2. The first-order valence-electron chi connectivity index (χ1n) is 11.1. The van der Waals surface area contributed by atoms with Crippen molar-refractivity contribution < 1.29 is 18.7 Å². The van der Waals surface area contributed by atoms with Gasteiger partial charge in [-0.3, -0.25) is 9.69 Å². The van der Waals surface area contributed by atoms with Gasteiger partial charge in [-0.2, -0.15) is 0 Å². The van der Waals surface area contributed by atoms with Crippen LogP contribution < -0.4 is 10.1 Å². The van der Waals surface area contributed by atoms with Crippen molar-refractivity contribution in [3.8, 4) is 17.1 Å². The van der Waals surface area contributed by atoms with E-state index in [0.717, 1.165) is 61.2 Å². The van der Waals surface area contributed by atoms with Gasteiger partial charge in [0.1, 0.15) is 17.3 Å². The van der Waals surface area contributed by atoms with Crippen molar-refractivity contribution in [1.82, 2.24) is 10.2 Å². The number of nitrogens with one attached hydrogen (secondary N) is 1. The molecule has 0 atom stereocenters. The van der Waals surface area contributed by atoms with Gasteiger partial charge in [0.15, 0.2) is 0 Å². The zero-order valence-electron chi connectivity index (χ0n) is 18.5. The van der Waals surface area contributed by atoms with Crippen molar-refractivity contribution in [3.05, 3.63) is 77.6 Å². The summed E-state index contributed by atoms with van der Waals surface area (Å²) < 4.78 is 16.6. The highest BCUT2D eigenvalue weighted by atomic mass is 16.5. The Morgan fingerprint density at radius 1 is 1.00 bits per heavy atom. The molecule has 1 aliphatic rings. The van der Waals surface area contributed by atoms with Crippen LogP contribution in [0.4, 0.5) is 0 Å². The first-order valence-corrected chi connectivity index (χ1v) is 11.1. The Morgan fingerprint density at radius 3 is 2.50 bits per heavy atom. The number of hydrogen-bond donors (Lipinski definition) is 1. The van der Waals surface area contributed by atoms with Gasteiger partial charge in [-0.25, -0.2) is 0 Å².